The summed E-state index contributed by atoms with van der Waals surface area (Å²) < 4.78 is 5.58. The molecule has 0 heterocycles. The van der Waals surface area contributed by atoms with Crippen molar-refractivity contribution in [1.29, 1.82) is 0 Å². The average molecular weight is 279 g/mol. The van der Waals surface area contributed by atoms with E-state index in [0.717, 1.165) is 13.0 Å². The fourth-order valence-electron chi connectivity index (χ4n) is 1.98. The van der Waals surface area contributed by atoms with Crippen molar-refractivity contribution in [2.75, 3.05) is 20.2 Å². The van der Waals surface area contributed by atoms with E-state index < -0.39 is 5.97 Å². The van der Waals surface area contributed by atoms with Gasteiger partial charge in [0, 0.05) is 12.6 Å². The lowest BCUT2D eigenvalue weighted by atomic mass is 10.1. The first-order valence-corrected chi connectivity index (χ1v) is 7.08. The summed E-state index contributed by atoms with van der Waals surface area (Å²) >= 11 is 0. The third-order valence-corrected chi connectivity index (χ3v) is 3.69. The van der Waals surface area contributed by atoms with Crippen LogP contribution in [0.5, 0.6) is 5.75 Å². The number of carboxylic acids is 1. The minimum absolute atomic E-state index is 0.219. The van der Waals surface area contributed by atoms with Crippen LogP contribution in [0.25, 0.3) is 0 Å². The number of nitrogens with zero attached hydrogens (tertiary/aromatic N) is 1. The number of carboxylic acid groups (broad SMARTS) is 1. The molecule has 0 spiro atoms. The largest absolute Gasteiger partial charge is 0.493 e. The third kappa shape index (κ3) is 4.85. The van der Waals surface area contributed by atoms with Crippen molar-refractivity contribution < 1.29 is 14.6 Å². The summed E-state index contributed by atoms with van der Waals surface area (Å²) in [6.45, 7) is 8.10. The molecule has 1 aromatic rings. The van der Waals surface area contributed by atoms with Gasteiger partial charge in [-0.15, -0.1) is 0 Å². The van der Waals surface area contributed by atoms with Crippen molar-refractivity contribution in [3.63, 3.8) is 0 Å². The summed E-state index contributed by atoms with van der Waals surface area (Å²) in [5, 5.41) is 9.06. The quantitative estimate of drug-likeness (QED) is 0.743. The van der Waals surface area contributed by atoms with Crippen LogP contribution in [-0.2, 0) is 0 Å². The molecule has 0 saturated carbocycles. The van der Waals surface area contributed by atoms with Crippen LogP contribution < -0.4 is 4.74 Å². The second-order valence-corrected chi connectivity index (χ2v) is 5.47. The molecule has 1 rings (SSSR count). The molecular weight excluding hydrogens is 254 g/mol. The summed E-state index contributed by atoms with van der Waals surface area (Å²) in [7, 11) is 2.11. The highest BCUT2D eigenvalue weighted by atomic mass is 16.5. The monoisotopic (exact) mass is 279 g/mol. The van der Waals surface area contributed by atoms with Crippen LogP contribution in [-0.4, -0.2) is 42.2 Å². The van der Waals surface area contributed by atoms with Gasteiger partial charge < -0.3 is 14.7 Å². The summed E-state index contributed by atoms with van der Waals surface area (Å²) in [6, 6.07) is 7.28. The Bertz CT molecular complexity index is 431. The van der Waals surface area contributed by atoms with E-state index >= 15 is 0 Å². The topological polar surface area (TPSA) is 49.8 Å². The van der Waals surface area contributed by atoms with Gasteiger partial charge in [0.1, 0.15) is 11.3 Å². The van der Waals surface area contributed by atoms with Crippen LogP contribution in [0.15, 0.2) is 24.3 Å². The van der Waals surface area contributed by atoms with E-state index in [1.54, 1.807) is 24.3 Å². The number of hydrogen-bond acceptors (Lipinski definition) is 3. The number of benzene rings is 1. The molecule has 1 aromatic carbocycles. The average Bonchev–Trinajstić information content (AvgIpc) is 2.42. The van der Waals surface area contributed by atoms with E-state index in [2.05, 4.69) is 32.7 Å². The van der Waals surface area contributed by atoms with Gasteiger partial charge in [-0.1, -0.05) is 26.0 Å². The Balaban J connectivity index is 2.40. The minimum atomic E-state index is -0.953. The maximum atomic E-state index is 11.0. The lowest BCUT2D eigenvalue weighted by Crippen LogP contribution is -2.34. The molecule has 0 aliphatic carbocycles. The second kappa shape index (κ2) is 7.90. The van der Waals surface area contributed by atoms with Gasteiger partial charge in [-0.05, 0) is 38.4 Å². The number of hydrogen-bond donors (Lipinski definition) is 1. The van der Waals surface area contributed by atoms with Crippen LogP contribution in [0.3, 0.4) is 0 Å². The van der Waals surface area contributed by atoms with E-state index in [1.807, 2.05) is 0 Å². The molecule has 0 aliphatic heterocycles. The smallest absolute Gasteiger partial charge is 0.339 e. The Morgan fingerprint density at radius 2 is 1.95 bits per heavy atom. The van der Waals surface area contributed by atoms with E-state index in [9.17, 15) is 4.79 Å². The Kier molecular flexibility index (Phi) is 6.52. The van der Waals surface area contributed by atoms with Gasteiger partial charge in [-0.3, -0.25) is 0 Å². The standard InChI is InChI=1S/C16H25NO3/c1-12(2)13(3)17(4)10-7-11-20-15-9-6-5-8-14(15)16(18)19/h5-6,8-9,12-13H,7,10-11H2,1-4H3,(H,18,19). The number of rotatable bonds is 8. The second-order valence-electron chi connectivity index (χ2n) is 5.47. The highest BCUT2D eigenvalue weighted by Crippen LogP contribution is 2.18. The predicted octanol–water partition coefficient (Wildman–Crippen LogP) is 3.13. The Morgan fingerprint density at radius 1 is 1.30 bits per heavy atom. The molecule has 1 unspecified atom stereocenters. The number of para-hydroxylation sites is 1. The van der Waals surface area contributed by atoms with Crippen molar-refractivity contribution in [2.45, 2.75) is 33.2 Å². The van der Waals surface area contributed by atoms with Gasteiger partial charge in [-0.25, -0.2) is 4.79 Å². The fourth-order valence-corrected chi connectivity index (χ4v) is 1.98. The van der Waals surface area contributed by atoms with E-state index in [4.69, 9.17) is 9.84 Å². The highest BCUT2D eigenvalue weighted by molar-refractivity contribution is 5.90. The van der Waals surface area contributed by atoms with Crippen molar-refractivity contribution >= 4 is 5.97 Å². The first-order chi connectivity index (χ1) is 9.43. The van der Waals surface area contributed by atoms with Crippen molar-refractivity contribution in [2.24, 2.45) is 5.92 Å². The van der Waals surface area contributed by atoms with Gasteiger partial charge in [-0.2, -0.15) is 0 Å². The Morgan fingerprint density at radius 3 is 2.55 bits per heavy atom. The SMILES string of the molecule is CC(C)C(C)N(C)CCCOc1ccccc1C(=O)O. The molecule has 0 aromatic heterocycles. The zero-order valence-corrected chi connectivity index (χ0v) is 12.8. The maximum Gasteiger partial charge on any atom is 0.339 e. The minimum Gasteiger partial charge on any atom is -0.493 e. The van der Waals surface area contributed by atoms with E-state index in [0.29, 0.717) is 24.3 Å². The lowest BCUT2D eigenvalue weighted by Gasteiger charge is -2.27. The normalized spacial score (nSPS) is 12.7. The molecule has 0 fully saturated rings. The molecule has 1 N–H and O–H groups in total. The van der Waals surface area contributed by atoms with Crippen LogP contribution in [0.2, 0.25) is 0 Å². The molecule has 0 bridgehead atoms. The van der Waals surface area contributed by atoms with E-state index in [1.165, 1.54) is 0 Å². The molecule has 4 nitrogen and oxygen atoms in total. The van der Waals surface area contributed by atoms with Gasteiger partial charge in [0.2, 0.25) is 0 Å². The van der Waals surface area contributed by atoms with Crippen LogP contribution in [0.1, 0.15) is 37.6 Å². The maximum absolute atomic E-state index is 11.0. The zero-order valence-electron chi connectivity index (χ0n) is 12.8. The lowest BCUT2D eigenvalue weighted by molar-refractivity contribution is 0.0692. The van der Waals surface area contributed by atoms with Crippen molar-refractivity contribution in [3.8, 4) is 5.75 Å². The Hall–Kier alpha value is -1.55. The molecule has 112 valence electrons. The first kappa shape index (κ1) is 16.5. The first-order valence-electron chi connectivity index (χ1n) is 7.08. The van der Waals surface area contributed by atoms with Crippen LogP contribution >= 0.6 is 0 Å². The zero-order chi connectivity index (χ0) is 15.1. The molecular formula is C16H25NO3. The fraction of sp³-hybridized carbons (Fsp3) is 0.562. The molecule has 20 heavy (non-hydrogen) atoms. The van der Waals surface area contributed by atoms with Crippen LogP contribution in [0.4, 0.5) is 0 Å². The summed E-state index contributed by atoms with van der Waals surface area (Å²) in [6.07, 6.45) is 0.877. The highest BCUT2D eigenvalue weighted by Gasteiger charge is 2.13. The molecule has 1 atom stereocenters. The summed E-state index contributed by atoms with van der Waals surface area (Å²) in [5.41, 5.74) is 0.219. The molecule has 0 amide bonds. The number of carbonyl (C=O) groups is 1. The molecule has 4 heteroatoms. The third-order valence-electron chi connectivity index (χ3n) is 3.69. The number of ether oxygens (including phenoxy) is 1. The van der Waals surface area contributed by atoms with Crippen LogP contribution in [0, 0.1) is 5.92 Å². The number of aromatic carboxylic acids is 1. The van der Waals surface area contributed by atoms with Gasteiger partial charge in [0.05, 0.1) is 6.61 Å². The predicted molar refractivity (Wildman–Crippen MR) is 80.4 cm³/mol. The van der Waals surface area contributed by atoms with Crippen molar-refractivity contribution in [1.82, 2.24) is 4.90 Å². The summed E-state index contributed by atoms with van der Waals surface area (Å²) in [4.78, 5) is 13.3. The van der Waals surface area contributed by atoms with Gasteiger partial charge in [0.15, 0.2) is 0 Å². The molecule has 0 radical (unpaired) electrons. The Labute approximate surface area is 121 Å². The summed E-state index contributed by atoms with van der Waals surface area (Å²) in [5.74, 6) is 0.111. The molecule has 0 aliphatic rings. The molecule has 0 saturated heterocycles. The van der Waals surface area contributed by atoms with Crippen molar-refractivity contribution in [3.05, 3.63) is 29.8 Å². The van der Waals surface area contributed by atoms with E-state index in [-0.39, 0.29) is 5.56 Å². The van der Waals surface area contributed by atoms with Gasteiger partial charge in [0.25, 0.3) is 0 Å². The van der Waals surface area contributed by atoms with Gasteiger partial charge >= 0.3 is 5.97 Å².